The number of rotatable bonds is 4. The Labute approximate surface area is 137 Å². The zero-order valence-corrected chi connectivity index (χ0v) is 12.8. The second kappa shape index (κ2) is 6.62. The Morgan fingerprint density at radius 1 is 1.17 bits per heavy atom. The molecule has 0 fully saturated rings. The van der Waals surface area contributed by atoms with Gasteiger partial charge in [0, 0.05) is 23.3 Å². The Bertz CT molecular complexity index is 830. The Morgan fingerprint density at radius 3 is 2.65 bits per heavy atom. The second-order valence-electron chi connectivity index (χ2n) is 4.92. The molecule has 0 aliphatic carbocycles. The Hall–Kier alpha value is -2.66. The normalized spacial score (nSPS) is 10.5. The summed E-state index contributed by atoms with van der Waals surface area (Å²) in [5.41, 5.74) is 1.63. The summed E-state index contributed by atoms with van der Waals surface area (Å²) >= 11 is 5.84. The van der Waals surface area contributed by atoms with E-state index in [-0.39, 0.29) is 18.3 Å². The SMILES string of the molecule is O=C(NCc1ccccc1F)c1cnn(-c2ccc(Cl)cc2)c1. The van der Waals surface area contributed by atoms with Crippen LogP contribution in [0, 0.1) is 5.82 Å². The lowest BCUT2D eigenvalue weighted by Crippen LogP contribution is -2.22. The predicted octanol–water partition coefficient (Wildman–Crippen LogP) is 3.59. The molecule has 1 amide bonds. The molecule has 0 bridgehead atoms. The third-order valence-corrected chi connectivity index (χ3v) is 3.59. The number of nitrogens with zero attached hydrogens (tertiary/aromatic N) is 2. The van der Waals surface area contributed by atoms with Crippen molar-refractivity contribution in [1.29, 1.82) is 0 Å². The van der Waals surface area contributed by atoms with Crippen LogP contribution >= 0.6 is 11.6 Å². The molecule has 0 saturated heterocycles. The van der Waals surface area contributed by atoms with Crippen LogP contribution in [0.25, 0.3) is 5.69 Å². The van der Waals surface area contributed by atoms with E-state index in [9.17, 15) is 9.18 Å². The molecule has 0 aliphatic heterocycles. The quantitative estimate of drug-likeness (QED) is 0.795. The molecule has 1 heterocycles. The van der Waals surface area contributed by atoms with Gasteiger partial charge in [-0.1, -0.05) is 29.8 Å². The van der Waals surface area contributed by atoms with Crippen LogP contribution in [-0.4, -0.2) is 15.7 Å². The lowest BCUT2D eigenvalue weighted by Gasteiger charge is -2.04. The molecule has 3 aromatic rings. The number of carbonyl (C=O) groups is 1. The largest absolute Gasteiger partial charge is 0.348 e. The number of amides is 1. The monoisotopic (exact) mass is 329 g/mol. The smallest absolute Gasteiger partial charge is 0.254 e. The molecule has 2 aromatic carbocycles. The highest BCUT2D eigenvalue weighted by Gasteiger charge is 2.10. The van der Waals surface area contributed by atoms with Gasteiger partial charge in [0.2, 0.25) is 0 Å². The van der Waals surface area contributed by atoms with Crippen LogP contribution in [0.15, 0.2) is 60.9 Å². The van der Waals surface area contributed by atoms with Crippen molar-refractivity contribution in [3.8, 4) is 5.69 Å². The van der Waals surface area contributed by atoms with Crippen LogP contribution in [0.2, 0.25) is 5.02 Å². The van der Waals surface area contributed by atoms with Gasteiger partial charge in [0.1, 0.15) is 5.82 Å². The summed E-state index contributed by atoms with van der Waals surface area (Å²) in [4.78, 5) is 12.1. The molecule has 0 aliphatic rings. The topological polar surface area (TPSA) is 46.9 Å². The maximum absolute atomic E-state index is 13.5. The summed E-state index contributed by atoms with van der Waals surface area (Å²) in [6, 6.07) is 13.4. The highest BCUT2D eigenvalue weighted by atomic mass is 35.5. The third-order valence-electron chi connectivity index (χ3n) is 3.33. The third kappa shape index (κ3) is 3.57. The van der Waals surface area contributed by atoms with Crippen LogP contribution in [0.4, 0.5) is 4.39 Å². The maximum atomic E-state index is 13.5. The fraction of sp³-hybridized carbons (Fsp3) is 0.0588. The number of nitrogens with one attached hydrogen (secondary N) is 1. The minimum Gasteiger partial charge on any atom is -0.348 e. The first-order valence-corrected chi connectivity index (χ1v) is 7.33. The number of aromatic nitrogens is 2. The zero-order valence-electron chi connectivity index (χ0n) is 12.0. The van der Waals surface area contributed by atoms with E-state index in [4.69, 9.17) is 11.6 Å². The zero-order chi connectivity index (χ0) is 16.2. The van der Waals surface area contributed by atoms with E-state index in [1.54, 1.807) is 53.3 Å². The summed E-state index contributed by atoms with van der Waals surface area (Å²) in [6.45, 7) is 0.123. The number of carbonyl (C=O) groups excluding carboxylic acids is 1. The standard InChI is InChI=1S/C17H13ClFN3O/c18-14-5-7-15(8-6-14)22-11-13(10-21-22)17(23)20-9-12-3-1-2-4-16(12)19/h1-8,10-11H,9H2,(H,20,23). The number of benzene rings is 2. The van der Waals surface area contributed by atoms with E-state index in [1.807, 2.05) is 0 Å². The molecule has 1 N–H and O–H groups in total. The van der Waals surface area contributed by atoms with Gasteiger partial charge in [-0.15, -0.1) is 0 Å². The molecule has 23 heavy (non-hydrogen) atoms. The molecule has 0 radical (unpaired) electrons. The van der Waals surface area contributed by atoms with E-state index >= 15 is 0 Å². The minimum atomic E-state index is -0.343. The van der Waals surface area contributed by atoms with Gasteiger partial charge in [-0.2, -0.15) is 5.10 Å². The first kappa shape index (κ1) is 15.2. The van der Waals surface area contributed by atoms with Crippen LogP contribution in [0.3, 0.4) is 0 Å². The fourth-order valence-corrected chi connectivity index (χ4v) is 2.22. The van der Waals surface area contributed by atoms with Crippen LogP contribution in [0.1, 0.15) is 15.9 Å². The average molecular weight is 330 g/mol. The Kier molecular flexibility index (Phi) is 4.39. The molecule has 6 heteroatoms. The number of hydrogen-bond acceptors (Lipinski definition) is 2. The summed E-state index contributed by atoms with van der Waals surface area (Å²) in [6.07, 6.45) is 3.07. The van der Waals surface area contributed by atoms with Crippen molar-refractivity contribution in [2.24, 2.45) is 0 Å². The van der Waals surface area contributed by atoms with Crippen LogP contribution in [-0.2, 0) is 6.54 Å². The van der Waals surface area contributed by atoms with Gasteiger partial charge < -0.3 is 5.32 Å². The molecule has 3 rings (SSSR count). The van der Waals surface area contributed by atoms with E-state index < -0.39 is 0 Å². The van der Waals surface area contributed by atoms with Gasteiger partial charge >= 0.3 is 0 Å². The van der Waals surface area contributed by atoms with Crippen LogP contribution in [0.5, 0.6) is 0 Å². The molecule has 0 unspecified atom stereocenters. The summed E-state index contributed by atoms with van der Waals surface area (Å²) in [5.74, 6) is -0.655. The van der Waals surface area contributed by atoms with Crippen LogP contribution < -0.4 is 5.32 Å². The highest BCUT2D eigenvalue weighted by Crippen LogP contribution is 2.13. The van der Waals surface area contributed by atoms with Crippen molar-refractivity contribution in [2.75, 3.05) is 0 Å². The van der Waals surface area contributed by atoms with Crippen molar-refractivity contribution >= 4 is 17.5 Å². The molecule has 0 atom stereocenters. The van der Waals surface area contributed by atoms with Gasteiger partial charge in [-0.05, 0) is 30.3 Å². The summed E-state index contributed by atoms with van der Waals surface area (Å²) in [5, 5.41) is 7.45. The van der Waals surface area contributed by atoms with Crippen molar-refractivity contribution in [2.45, 2.75) is 6.54 Å². The van der Waals surface area contributed by atoms with E-state index in [0.717, 1.165) is 5.69 Å². The molecular weight excluding hydrogens is 317 g/mol. The average Bonchev–Trinajstić information content (AvgIpc) is 3.04. The van der Waals surface area contributed by atoms with Gasteiger partial charge in [-0.25, -0.2) is 9.07 Å². The number of halogens is 2. The van der Waals surface area contributed by atoms with E-state index in [1.165, 1.54) is 12.3 Å². The Morgan fingerprint density at radius 2 is 1.91 bits per heavy atom. The van der Waals surface area contributed by atoms with Gasteiger partial charge in [-0.3, -0.25) is 4.79 Å². The van der Waals surface area contributed by atoms with Crippen molar-refractivity contribution in [3.63, 3.8) is 0 Å². The second-order valence-corrected chi connectivity index (χ2v) is 5.36. The molecule has 0 saturated carbocycles. The predicted molar refractivity (Wildman–Crippen MR) is 86.1 cm³/mol. The maximum Gasteiger partial charge on any atom is 0.254 e. The molecular formula is C17H13ClFN3O. The Balaban J connectivity index is 1.69. The highest BCUT2D eigenvalue weighted by molar-refractivity contribution is 6.30. The first-order chi connectivity index (χ1) is 11.1. The fourth-order valence-electron chi connectivity index (χ4n) is 2.09. The lowest BCUT2D eigenvalue weighted by molar-refractivity contribution is 0.0950. The molecule has 1 aromatic heterocycles. The first-order valence-electron chi connectivity index (χ1n) is 6.96. The van der Waals surface area contributed by atoms with Crippen molar-refractivity contribution in [3.05, 3.63) is 82.9 Å². The molecule has 116 valence electrons. The van der Waals surface area contributed by atoms with Gasteiger partial charge in [0.15, 0.2) is 0 Å². The summed E-state index contributed by atoms with van der Waals surface area (Å²) < 4.78 is 15.1. The van der Waals surface area contributed by atoms with Crippen molar-refractivity contribution < 1.29 is 9.18 Å². The van der Waals surface area contributed by atoms with Crippen molar-refractivity contribution in [1.82, 2.24) is 15.1 Å². The molecule has 4 nitrogen and oxygen atoms in total. The van der Waals surface area contributed by atoms with Gasteiger partial charge in [0.05, 0.1) is 17.4 Å². The van der Waals surface area contributed by atoms with E-state index in [0.29, 0.717) is 16.1 Å². The lowest BCUT2D eigenvalue weighted by atomic mass is 10.2. The van der Waals surface area contributed by atoms with E-state index in [2.05, 4.69) is 10.4 Å². The number of hydrogen-bond donors (Lipinski definition) is 1. The molecule has 0 spiro atoms. The minimum absolute atomic E-state index is 0.123. The van der Waals surface area contributed by atoms with Gasteiger partial charge in [0.25, 0.3) is 5.91 Å². The summed E-state index contributed by atoms with van der Waals surface area (Å²) in [7, 11) is 0.